The lowest BCUT2D eigenvalue weighted by Crippen LogP contribution is -2.25. The largest absolute Gasteiger partial charge is 0.327 e. The van der Waals surface area contributed by atoms with E-state index in [-0.39, 0.29) is 6.04 Å². The number of nitrogens with two attached hydrogens (primary N) is 1. The standard InChI is InChI=1S/C14H14Cl2N2/c15-13-2-1-3-14(16)12(13)9-11(17)8-10-4-6-18-7-5-10/h1-7,11H,8-9,17H2. The maximum Gasteiger partial charge on any atom is 0.0453 e. The predicted molar refractivity (Wildman–Crippen MR) is 76.1 cm³/mol. The number of benzene rings is 1. The topological polar surface area (TPSA) is 38.9 Å². The van der Waals surface area contributed by atoms with Crippen LogP contribution in [-0.4, -0.2) is 11.0 Å². The van der Waals surface area contributed by atoms with Crippen LogP contribution in [0.15, 0.2) is 42.7 Å². The molecule has 0 fully saturated rings. The molecular weight excluding hydrogens is 267 g/mol. The van der Waals surface area contributed by atoms with E-state index in [0.29, 0.717) is 16.5 Å². The lowest BCUT2D eigenvalue weighted by atomic mass is 10.0. The lowest BCUT2D eigenvalue weighted by molar-refractivity contribution is 0.664. The summed E-state index contributed by atoms with van der Waals surface area (Å²) < 4.78 is 0. The Morgan fingerprint density at radius 1 is 1.00 bits per heavy atom. The van der Waals surface area contributed by atoms with E-state index < -0.39 is 0 Å². The number of aromatic nitrogens is 1. The van der Waals surface area contributed by atoms with Gasteiger partial charge in [-0.05, 0) is 48.2 Å². The van der Waals surface area contributed by atoms with Crippen molar-refractivity contribution in [2.24, 2.45) is 5.73 Å². The first-order valence-corrected chi connectivity index (χ1v) is 6.50. The van der Waals surface area contributed by atoms with Crippen molar-refractivity contribution in [2.75, 3.05) is 0 Å². The quantitative estimate of drug-likeness (QED) is 0.931. The fourth-order valence-electron chi connectivity index (χ4n) is 1.88. The van der Waals surface area contributed by atoms with E-state index in [2.05, 4.69) is 4.98 Å². The van der Waals surface area contributed by atoms with Crippen LogP contribution >= 0.6 is 23.2 Å². The number of halogens is 2. The molecule has 18 heavy (non-hydrogen) atoms. The van der Waals surface area contributed by atoms with Crippen molar-refractivity contribution in [2.45, 2.75) is 18.9 Å². The molecule has 2 N–H and O–H groups in total. The van der Waals surface area contributed by atoms with Crippen molar-refractivity contribution in [3.8, 4) is 0 Å². The molecule has 0 bridgehead atoms. The molecule has 1 unspecified atom stereocenters. The molecule has 0 aliphatic carbocycles. The maximum absolute atomic E-state index is 6.14. The highest BCUT2D eigenvalue weighted by Crippen LogP contribution is 2.25. The minimum Gasteiger partial charge on any atom is -0.327 e. The summed E-state index contributed by atoms with van der Waals surface area (Å²) in [5, 5.41) is 1.35. The van der Waals surface area contributed by atoms with Gasteiger partial charge in [0.1, 0.15) is 0 Å². The van der Waals surface area contributed by atoms with Crippen LogP contribution in [0.1, 0.15) is 11.1 Å². The smallest absolute Gasteiger partial charge is 0.0453 e. The maximum atomic E-state index is 6.14. The molecule has 0 aliphatic heterocycles. The van der Waals surface area contributed by atoms with Gasteiger partial charge in [0.25, 0.3) is 0 Å². The molecule has 94 valence electrons. The molecule has 1 aromatic carbocycles. The summed E-state index contributed by atoms with van der Waals surface area (Å²) >= 11 is 12.3. The molecule has 0 saturated carbocycles. The van der Waals surface area contributed by atoms with E-state index in [4.69, 9.17) is 28.9 Å². The summed E-state index contributed by atoms with van der Waals surface area (Å²) in [5.41, 5.74) is 8.22. The number of rotatable bonds is 4. The van der Waals surface area contributed by atoms with E-state index in [9.17, 15) is 0 Å². The second-order valence-electron chi connectivity index (χ2n) is 4.22. The highest BCUT2D eigenvalue weighted by Gasteiger charge is 2.11. The van der Waals surface area contributed by atoms with Gasteiger partial charge in [-0.25, -0.2) is 0 Å². The average Bonchev–Trinajstić information content (AvgIpc) is 2.35. The van der Waals surface area contributed by atoms with Gasteiger partial charge in [0, 0.05) is 28.5 Å². The Morgan fingerprint density at radius 2 is 1.61 bits per heavy atom. The zero-order valence-electron chi connectivity index (χ0n) is 9.81. The van der Waals surface area contributed by atoms with Crippen molar-refractivity contribution in [3.05, 3.63) is 63.9 Å². The molecule has 0 spiro atoms. The molecule has 0 saturated heterocycles. The van der Waals surface area contributed by atoms with Gasteiger partial charge in [0.05, 0.1) is 0 Å². The summed E-state index contributed by atoms with van der Waals surface area (Å²) in [6.45, 7) is 0. The third kappa shape index (κ3) is 3.45. The van der Waals surface area contributed by atoms with E-state index in [0.717, 1.165) is 12.0 Å². The van der Waals surface area contributed by atoms with Gasteiger partial charge in [-0.2, -0.15) is 0 Å². The molecule has 2 rings (SSSR count). The SMILES string of the molecule is NC(Cc1ccncc1)Cc1c(Cl)cccc1Cl. The Kier molecular flexibility index (Phi) is 4.59. The van der Waals surface area contributed by atoms with E-state index in [1.807, 2.05) is 30.3 Å². The Balaban J connectivity index is 2.06. The number of pyridine rings is 1. The van der Waals surface area contributed by atoms with Gasteiger partial charge in [-0.3, -0.25) is 4.98 Å². The van der Waals surface area contributed by atoms with Gasteiger partial charge in [0.2, 0.25) is 0 Å². The first-order chi connectivity index (χ1) is 8.66. The second-order valence-corrected chi connectivity index (χ2v) is 5.04. The Bertz CT molecular complexity index is 494. The first kappa shape index (κ1) is 13.3. The molecule has 4 heteroatoms. The summed E-state index contributed by atoms with van der Waals surface area (Å²) in [6, 6.07) is 9.43. The summed E-state index contributed by atoms with van der Waals surface area (Å²) in [7, 11) is 0. The molecule has 0 radical (unpaired) electrons. The van der Waals surface area contributed by atoms with Crippen LogP contribution in [0.3, 0.4) is 0 Å². The normalized spacial score (nSPS) is 12.4. The fourth-order valence-corrected chi connectivity index (χ4v) is 2.44. The number of hydrogen-bond donors (Lipinski definition) is 1. The van der Waals surface area contributed by atoms with Crippen LogP contribution in [0.5, 0.6) is 0 Å². The van der Waals surface area contributed by atoms with E-state index in [1.54, 1.807) is 12.4 Å². The number of nitrogens with zero attached hydrogens (tertiary/aromatic N) is 1. The summed E-state index contributed by atoms with van der Waals surface area (Å²) in [4.78, 5) is 3.98. The molecule has 1 heterocycles. The van der Waals surface area contributed by atoms with E-state index in [1.165, 1.54) is 5.56 Å². The third-order valence-electron chi connectivity index (χ3n) is 2.78. The summed E-state index contributed by atoms with van der Waals surface area (Å²) in [6.07, 6.45) is 4.99. The fraction of sp³-hybridized carbons (Fsp3) is 0.214. The Hall–Kier alpha value is -1.09. The third-order valence-corrected chi connectivity index (χ3v) is 3.48. The highest BCUT2D eigenvalue weighted by molar-refractivity contribution is 6.35. The minimum atomic E-state index is -0.00944. The lowest BCUT2D eigenvalue weighted by Gasteiger charge is -2.14. The van der Waals surface area contributed by atoms with Crippen molar-refractivity contribution in [1.82, 2.24) is 4.98 Å². The molecule has 0 amide bonds. The highest BCUT2D eigenvalue weighted by atomic mass is 35.5. The Labute approximate surface area is 117 Å². The van der Waals surface area contributed by atoms with Gasteiger partial charge in [-0.1, -0.05) is 29.3 Å². The van der Waals surface area contributed by atoms with E-state index >= 15 is 0 Å². The predicted octanol–water partition coefficient (Wildman–Crippen LogP) is 3.50. The van der Waals surface area contributed by atoms with Crippen molar-refractivity contribution in [1.29, 1.82) is 0 Å². The first-order valence-electron chi connectivity index (χ1n) is 5.74. The minimum absolute atomic E-state index is 0.00944. The van der Waals surface area contributed by atoms with Gasteiger partial charge in [0.15, 0.2) is 0 Å². The molecule has 1 atom stereocenters. The molecule has 2 aromatic rings. The molecular formula is C14H14Cl2N2. The number of hydrogen-bond acceptors (Lipinski definition) is 2. The van der Waals surface area contributed by atoms with Gasteiger partial charge < -0.3 is 5.73 Å². The van der Waals surface area contributed by atoms with Crippen LogP contribution in [0.2, 0.25) is 10.0 Å². The van der Waals surface area contributed by atoms with Gasteiger partial charge >= 0.3 is 0 Å². The van der Waals surface area contributed by atoms with Crippen molar-refractivity contribution in [3.63, 3.8) is 0 Å². The molecule has 2 nitrogen and oxygen atoms in total. The Morgan fingerprint density at radius 3 is 2.22 bits per heavy atom. The van der Waals surface area contributed by atoms with Crippen LogP contribution in [0.4, 0.5) is 0 Å². The van der Waals surface area contributed by atoms with Gasteiger partial charge in [-0.15, -0.1) is 0 Å². The van der Waals surface area contributed by atoms with Crippen LogP contribution in [0.25, 0.3) is 0 Å². The zero-order chi connectivity index (χ0) is 13.0. The van der Waals surface area contributed by atoms with Crippen LogP contribution < -0.4 is 5.73 Å². The molecule has 1 aromatic heterocycles. The average molecular weight is 281 g/mol. The second kappa shape index (κ2) is 6.19. The zero-order valence-corrected chi connectivity index (χ0v) is 11.3. The van der Waals surface area contributed by atoms with Crippen molar-refractivity contribution < 1.29 is 0 Å². The summed E-state index contributed by atoms with van der Waals surface area (Å²) in [5.74, 6) is 0. The van der Waals surface area contributed by atoms with Crippen molar-refractivity contribution >= 4 is 23.2 Å². The van der Waals surface area contributed by atoms with Crippen LogP contribution in [0, 0.1) is 0 Å². The monoisotopic (exact) mass is 280 g/mol. The molecule has 0 aliphatic rings. The van der Waals surface area contributed by atoms with Crippen LogP contribution in [-0.2, 0) is 12.8 Å².